The maximum atomic E-state index is 12.5. The molecule has 0 aromatic carbocycles. The number of alkyl halides is 1. The molecule has 0 unspecified atom stereocenters. The topological polar surface area (TPSA) is 83.8 Å². The number of ether oxygens (including phenoxy) is 1. The van der Waals surface area contributed by atoms with Crippen LogP contribution < -0.4 is 0 Å². The zero-order valence-electron chi connectivity index (χ0n) is 15.1. The summed E-state index contributed by atoms with van der Waals surface area (Å²) in [7, 11) is 0. The molecule has 0 aromatic heterocycles. The van der Waals surface area contributed by atoms with E-state index in [1.54, 1.807) is 20.8 Å². The van der Waals surface area contributed by atoms with Gasteiger partial charge in [0.1, 0.15) is 11.9 Å². The van der Waals surface area contributed by atoms with E-state index in [1.165, 1.54) is 0 Å². The highest BCUT2D eigenvalue weighted by Gasteiger charge is 2.32. The second kappa shape index (κ2) is 9.73. The van der Waals surface area contributed by atoms with Gasteiger partial charge in [0.15, 0.2) is 0 Å². The third kappa shape index (κ3) is 6.34. The zero-order valence-corrected chi connectivity index (χ0v) is 15.8. The lowest BCUT2D eigenvalue weighted by Gasteiger charge is -2.28. The van der Waals surface area contributed by atoms with Crippen molar-refractivity contribution < 1.29 is 24.5 Å². The third-order valence-corrected chi connectivity index (χ3v) is 5.27. The first-order valence-corrected chi connectivity index (χ1v) is 9.35. The number of halogens is 1. The maximum Gasteiger partial charge on any atom is 0.308 e. The summed E-state index contributed by atoms with van der Waals surface area (Å²) in [5.41, 5.74) is 0. The molecule has 1 aliphatic heterocycles. The van der Waals surface area contributed by atoms with Crippen molar-refractivity contribution >= 4 is 23.4 Å². The fraction of sp³-hybridized carbons (Fsp3) is 0.889. The summed E-state index contributed by atoms with van der Waals surface area (Å²) in [6, 6.07) is 0. The Balaban J connectivity index is 2.94. The Bertz CT molecular complexity index is 428. The number of rotatable bonds is 1. The molecule has 0 spiro atoms. The van der Waals surface area contributed by atoms with E-state index in [0.717, 1.165) is 0 Å². The summed E-state index contributed by atoms with van der Waals surface area (Å²) in [6.45, 7) is 7.23. The van der Waals surface area contributed by atoms with Crippen molar-refractivity contribution in [2.24, 2.45) is 23.7 Å². The van der Waals surface area contributed by atoms with Gasteiger partial charge < -0.3 is 14.9 Å². The van der Waals surface area contributed by atoms with E-state index >= 15 is 0 Å². The quantitative estimate of drug-likeness (QED) is 0.553. The second-order valence-corrected chi connectivity index (χ2v) is 7.78. The maximum absolute atomic E-state index is 12.5. The molecular weight excluding hydrogens is 332 g/mol. The molecule has 1 fully saturated rings. The van der Waals surface area contributed by atoms with Gasteiger partial charge in [-0.3, -0.25) is 9.59 Å². The molecule has 140 valence electrons. The van der Waals surface area contributed by atoms with Crippen LogP contribution in [-0.4, -0.2) is 46.2 Å². The zero-order chi connectivity index (χ0) is 18.4. The van der Waals surface area contributed by atoms with E-state index in [2.05, 4.69) is 0 Å². The van der Waals surface area contributed by atoms with Gasteiger partial charge in [-0.15, -0.1) is 11.6 Å². The van der Waals surface area contributed by atoms with Gasteiger partial charge in [0.05, 0.1) is 24.0 Å². The molecular formula is C18H31ClO5. The number of cyclic esters (lactones) is 1. The van der Waals surface area contributed by atoms with Gasteiger partial charge in [0, 0.05) is 18.3 Å². The van der Waals surface area contributed by atoms with Gasteiger partial charge in [-0.05, 0) is 25.2 Å². The van der Waals surface area contributed by atoms with Crippen LogP contribution in [0.4, 0.5) is 0 Å². The smallest absolute Gasteiger partial charge is 0.308 e. The van der Waals surface area contributed by atoms with Gasteiger partial charge >= 0.3 is 5.97 Å². The normalized spacial score (nSPS) is 40.7. The number of aliphatic hydroxyl groups excluding tert-OH is 2. The van der Waals surface area contributed by atoms with Crippen molar-refractivity contribution in [1.82, 2.24) is 0 Å². The summed E-state index contributed by atoms with van der Waals surface area (Å²) in [4.78, 5) is 24.6. The van der Waals surface area contributed by atoms with Gasteiger partial charge in [-0.1, -0.05) is 27.7 Å². The van der Waals surface area contributed by atoms with E-state index in [4.69, 9.17) is 16.3 Å². The molecule has 5 nitrogen and oxygen atoms in total. The summed E-state index contributed by atoms with van der Waals surface area (Å²) in [5.74, 6) is -1.42. The molecule has 0 amide bonds. The Labute approximate surface area is 149 Å². The van der Waals surface area contributed by atoms with Gasteiger partial charge in [0.25, 0.3) is 0 Å². The van der Waals surface area contributed by atoms with Crippen molar-refractivity contribution in [3.8, 4) is 0 Å². The highest BCUT2D eigenvalue weighted by Crippen LogP contribution is 2.25. The third-order valence-electron chi connectivity index (χ3n) is 4.93. The first-order valence-electron chi connectivity index (χ1n) is 8.81. The van der Waals surface area contributed by atoms with Crippen LogP contribution in [0.3, 0.4) is 0 Å². The number of carbonyl (C=O) groups excluding carboxylic acids is 2. The Kier molecular flexibility index (Phi) is 8.68. The molecule has 1 rings (SSSR count). The van der Waals surface area contributed by atoms with E-state index in [9.17, 15) is 19.8 Å². The predicted octanol–water partition coefficient (Wildman–Crippen LogP) is 2.55. The fourth-order valence-corrected chi connectivity index (χ4v) is 3.60. The summed E-state index contributed by atoms with van der Waals surface area (Å²) < 4.78 is 5.41. The lowest BCUT2D eigenvalue weighted by atomic mass is 9.84. The largest absolute Gasteiger partial charge is 0.461 e. The van der Waals surface area contributed by atoms with Gasteiger partial charge in [-0.25, -0.2) is 0 Å². The number of aliphatic hydroxyl groups is 2. The van der Waals surface area contributed by atoms with Gasteiger partial charge in [-0.2, -0.15) is 0 Å². The lowest BCUT2D eigenvalue weighted by molar-refractivity contribution is -0.155. The first kappa shape index (κ1) is 21.4. The minimum atomic E-state index is -0.925. The molecule has 6 heteroatoms. The van der Waals surface area contributed by atoms with E-state index < -0.39 is 24.2 Å². The van der Waals surface area contributed by atoms with Crippen LogP contribution in [-0.2, 0) is 14.3 Å². The minimum absolute atomic E-state index is 0.0836. The average Bonchev–Trinajstić information content (AvgIpc) is 2.50. The van der Waals surface area contributed by atoms with E-state index in [0.29, 0.717) is 19.3 Å². The minimum Gasteiger partial charge on any atom is -0.461 e. The van der Waals surface area contributed by atoms with Crippen LogP contribution in [0.5, 0.6) is 0 Å². The van der Waals surface area contributed by atoms with Crippen molar-refractivity contribution in [2.45, 2.75) is 71.7 Å². The van der Waals surface area contributed by atoms with E-state index in [1.807, 2.05) is 6.92 Å². The molecule has 0 aromatic rings. The SMILES string of the molecule is C[C@@H]1C[C@H](O)C[C@@H](C)C(=O)[C@H](C)[C@@H](O)C[C@@H](CCl)OC(=O)[C@H](C)C1. The second-order valence-electron chi connectivity index (χ2n) is 7.48. The molecule has 1 heterocycles. The van der Waals surface area contributed by atoms with Crippen LogP contribution in [0, 0.1) is 23.7 Å². The Morgan fingerprint density at radius 3 is 2.21 bits per heavy atom. The Morgan fingerprint density at radius 1 is 1.00 bits per heavy atom. The van der Waals surface area contributed by atoms with Crippen LogP contribution in [0.1, 0.15) is 53.4 Å². The van der Waals surface area contributed by atoms with E-state index in [-0.39, 0.29) is 41.8 Å². The fourth-order valence-electron chi connectivity index (χ4n) is 3.42. The Hall–Kier alpha value is -0.650. The Morgan fingerprint density at radius 2 is 1.62 bits per heavy atom. The molecule has 0 bridgehead atoms. The first-order chi connectivity index (χ1) is 11.1. The summed E-state index contributed by atoms with van der Waals surface area (Å²) in [5, 5.41) is 20.5. The molecule has 0 saturated carbocycles. The van der Waals surface area contributed by atoms with Crippen molar-refractivity contribution in [2.75, 3.05) is 5.88 Å². The predicted molar refractivity (Wildman–Crippen MR) is 92.7 cm³/mol. The highest BCUT2D eigenvalue weighted by atomic mass is 35.5. The van der Waals surface area contributed by atoms with Crippen LogP contribution in [0.2, 0.25) is 0 Å². The number of ketones is 1. The number of esters is 1. The number of carbonyl (C=O) groups is 2. The lowest BCUT2D eigenvalue weighted by Crippen LogP contribution is -2.36. The van der Waals surface area contributed by atoms with Gasteiger partial charge in [0.2, 0.25) is 0 Å². The number of Topliss-reactive ketones (excluding diaryl/α,β-unsaturated/α-hetero) is 1. The summed E-state index contributed by atoms with van der Waals surface area (Å²) in [6.07, 6.45) is -0.475. The molecule has 1 aliphatic rings. The molecule has 24 heavy (non-hydrogen) atoms. The molecule has 0 aliphatic carbocycles. The molecule has 7 atom stereocenters. The molecule has 1 saturated heterocycles. The van der Waals surface area contributed by atoms with Crippen molar-refractivity contribution in [3.63, 3.8) is 0 Å². The van der Waals surface area contributed by atoms with Crippen molar-refractivity contribution in [3.05, 3.63) is 0 Å². The monoisotopic (exact) mass is 362 g/mol. The van der Waals surface area contributed by atoms with Crippen LogP contribution in [0.15, 0.2) is 0 Å². The number of hydrogen-bond donors (Lipinski definition) is 2. The summed E-state index contributed by atoms with van der Waals surface area (Å²) >= 11 is 5.86. The average molecular weight is 363 g/mol. The standard InChI is InChI=1S/C18H31ClO5/c1-10-5-12(3)18(23)24-15(9-19)8-16(21)13(4)17(22)11(2)7-14(20)6-10/h10-16,20-21H,5-9H2,1-4H3/t10-,11+,12+,13+,14-,15-,16-/m0/s1. The van der Waals surface area contributed by atoms with Crippen LogP contribution in [0.25, 0.3) is 0 Å². The highest BCUT2D eigenvalue weighted by molar-refractivity contribution is 6.18. The van der Waals surface area contributed by atoms with Crippen LogP contribution >= 0.6 is 11.6 Å². The van der Waals surface area contributed by atoms with Crippen molar-refractivity contribution in [1.29, 1.82) is 0 Å². The molecule has 0 radical (unpaired) electrons. The number of hydrogen-bond acceptors (Lipinski definition) is 5. The molecule has 2 N–H and O–H groups in total.